The summed E-state index contributed by atoms with van der Waals surface area (Å²) < 4.78 is 29.0. The minimum Gasteiger partial charge on any atom is -0.357 e. The van der Waals surface area contributed by atoms with Crippen molar-refractivity contribution in [1.29, 1.82) is 0 Å². The molecule has 1 aromatic carbocycles. The largest absolute Gasteiger partial charge is 0.357 e. The van der Waals surface area contributed by atoms with E-state index in [1.165, 1.54) is 6.07 Å². The quantitative estimate of drug-likeness (QED) is 0.385. The standard InChI is InChI=1S/C18H24F2N6.HI/c1-3-16-24-17-8-6-14(11-26(17)25-16)23-18(21-4-2)22-10-12-9-13(19)5-7-15(12)20;/h5,7,9,14H,3-4,6,8,10-11H2,1-2H3,(H2,21,22,23);1H. The average molecular weight is 490 g/mol. The van der Waals surface area contributed by atoms with E-state index in [1.807, 2.05) is 18.5 Å². The summed E-state index contributed by atoms with van der Waals surface area (Å²) in [5.41, 5.74) is 0.233. The molecule has 1 unspecified atom stereocenters. The number of fused-ring (bicyclic) bond motifs is 1. The van der Waals surface area contributed by atoms with Gasteiger partial charge < -0.3 is 10.6 Å². The number of guanidine groups is 1. The fourth-order valence-corrected chi connectivity index (χ4v) is 2.97. The maximum Gasteiger partial charge on any atom is 0.191 e. The van der Waals surface area contributed by atoms with Gasteiger partial charge in [-0.3, -0.25) is 0 Å². The molecule has 9 heteroatoms. The molecular weight excluding hydrogens is 465 g/mol. The lowest BCUT2D eigenvalue weighted by molar-refractivity contribution is 0.392. The summed E-state index contributed by atoms with van der Waals surface area (Å²) in [6, 6.07) is 3.56. The Morgan fingerprint density at radius 1 is 1.33 bits per heavy atom. The monoisotopic (exact) mass is 490 g/mol. The van der Waals surface area contributed by atoms with Gasteiger partial charge in [0.2, 0.25) is 0 Å². The van der Waals surface area contributed by atoms with Crippen LogP contribution in [-0.4, -0.2) is 33.3 Å². The van der Waals surface area contributed by atoms with Crippen molar-refractivity contribution in [3.8, 4) is 0 Å². The molecule has 27 heavy (non-hydrogen) atoms. The van der Waals surface area contributed by atoms with Gasteiger partial charge in [0, 0.05) is 31.0 Å². The summed E-state index contributed by atoms with van der Waals surface area (Å²) in [7, 11) is 0. The molecule has 2 N–H and O–H groups in total. The first-order chi connectivity index (χ1) is 12.6. The summed E-state index contributed by atoms with van der Waals surface area (Å²) >= 11 is 0. The molecule has 0 fully saturated rings. The highest BCUT2D eigenvalue weighted by atomic mass is 127. The van der Waals surface area contributed by atoms with Gasteiger partial charge in [-0.2, -0.15) is 5.10 Å². The summed E-state index contributed by atoms with van der Waals surface area (Å²) in [4.78, 5) is 8.91. The van der Waals surface area contributed by atoms with E-state index in [0.717, 1.165) is 43.0 Å². The van der Waals surface area contributed by atoms with E-state index < -0.39 is 11.6 Å². The second kappa shape index (κ2) is 9.95. The lowest BCUT2D eigenvalue weighted by Gasteiger charge is -2.25. The number of aryl methyl sites for hydroxylation is 2. The molecule has 0 radical (unpaired) electrons. The van der Waals surface area contributed by atoms with Crippen molar-refractivity contribution in [1.82, 2.24) is 25.4 Å². The van der Waals surface area contributed by atoms with Crippen molar-refractivity contribution in [2.45, 2.75) is 52.2 Å². The van der Waals surface area contributed by atoms with Crippen molar-refractivity contribution in [3.05, 3.63) is 47.0 Å². The van der Waals surface area contributed by atoms with Crippen LogP contribution in [0.1, 0.15) is 37.5 Å². The molecule has 0 amide bonds. The second-order valence-corrected chi connectivity index (χ2v) is 6.29. The van der Waals surface area contributed by atoms with Crippen molar-refractivity contribution >= 4 is 29.9 Å². The Hall–Kier alpha value is -1.78. The Kier molecular flexibility index (Phi) is 7.93. The summed E-state index contributed by atoms with van der Waals surface area (Å²) in [5.74, 6) is 1.54. The topological polar surface area (TPSA) is 67.1 Å². The van der Waals surface area contributed by atoms with Crippen molar-refractivity contribution < 1.29 is 8.78 Å². The van der Waals surface area contributed by atoms with Gasteiger partial charge in [0.25, 0.3) is 0 Å². The van der Waals surface area contributed by atoms with Gasteiger partial charge in [-0.05, 0) is 31.5 Å². The normalized spacial score (nSPS) is 16.4. The molecule has 148 valence electrons. The van der Waals surface area contributed by atoms with Crippen LogP contribution in [0.3, 0.4) is 0 Å². The predicted molar refractivity (Wildman–Crippen MR) is 111 cm³/mol. The maximum atomic E-state index is 13.8. The fourth-order valence-electron chi connectivity index (χ4n) is 2.97. The van der Waals surface area contributed by atoms with Crippen LogP contribution in [-0.2, 0) is 25.9 Å². The van der Waals surface area contributed by atoms with Crippen LogP contribution in [0.25, 0.3) is 0 Å². The van der Waals surface area contributed by atoms with E-state index in [9.17, 15) is 8.78 Å². The Labute approximate surface area is 174 Å². The highest BCUT2D eigenvalue weighted by Crippen LogP contribution is 2.14. The number of aliphatic imine (C=N–C) groups is 1. The lowest BCUT2D eigenvalue weighted by Crippen LogP contribution is -2.47. The third kappa shape index (κ3) is 5.60. The molecule has 1 aliphatic heterocycles. The summed E-state index contributed by atoms with van der Waals surface area (Å²) in [6.45, 7) is 5.46. The predicted octanol–water partition coefficient (Wildman–Crippen LogP) is 2.81. The molecule has 1 atom stereocenters. The smallest absolute Gasteiger partial charge is 0.191 e. The van der Waals surface area contributed by atoms with Crippen LogP contribution >= 0.6 is 24.0 Å². The van der Waals surface area contributed by atoms with E-state index in [1.54, 1.807) is 0 Å². The van der Waals surface area contributed by atoms with E-state index in [4.69, 9.17) is 0 Å². The zero-order valence-corrected chi connectivity index (χ0v) is 17.8. The number of nitrogens with one attached hydrogen (secondary N) is 2. The molecule has 1 aromatic heterocycles. The van der Waals surface area contributed by atoms with Crippen molar-refractivity contribution in [3.63, 3.8) is 0 Å². The number of aromatic nitrogens is 3. The maximum absolute atomic E-state index is 13.8. The third-order valence-electron chi connectivity index (χ3n) is 4.32. The highest BCUT2D eigenvalue weighted by molar-refractivity contribution is 14.0. The van der Waals surface area contributed by atoms with Gasteiger partial charge in [-0.15, -0.1) is 24.0 Å². The third-order valence-corrected chi connectivity index (χ3v) is 4.32. The zero-order chi connectivity index (χ0) is 18.5. The van der Waals surface area contributed by atoms with Crippen LogP contribution in [0, 0.1) is 11.6 Å². The van der Waals surface area contributed by atoms with Crippen LogP contribution < -0.4 is 10.6 Å². The second-order valence-electron chi connectivity index (χ2n) is 6.29. The van der Waals surface area contributed by atoms with Crippen LogP contribution in [0.5, 0.6) is 0 Å². The molecule has 0 saturated heterocycles. The Morgan fingerprint density at radius 2 is 2.15 bits per heavy atom. The van der Waals surface area contributed by atoms with Crippen LogP contribution in [0.2, 0.25) is 0 Å². The van der Waals surface area contributed by atoms with Crippen LogP contribution in [0.15, 0.2) is 23.2 Å². The minimum absolute atomic E-state index is 0. The Balaban J connectivity index is 0.00000261. The molecule has 0 aliphatic carbocycles. The van der Waals surface area contributed by atoms with Crippen molar-refractivity contribution in [2.24, 2.45) is 4.99 Å². The van der Waals surface area contributed by atoms with Gasteiger partial charge in [0.05, 0.1) is 13.1 Å². The van der Waals surface area contributed by atoms with Gasteiger partial charge in [0.15, 0.2) is 11.8 Å². The average Bonchev–Trinajstić information content (AvgIpc) is 3.05. The number of nitrogens with zero attached hydrogens (tertiary/aromatic N) is 4. The number of halogens is 3. The molecule has 6 nitrogen and oxygen atoms in total. The Bertz CT molecular complexity index is 792. The summed E-state index contributed by atoms with van der Waals surface area (Å²) in [6.07, 6.45) is 2.59. The first kappa shape index (κ1) is 21.5. The van der Waals surface area contributed by atoms with Crippen LogP contribution in [0.4, 0.5) is 8.78 Å². The lowest BCUT2D eigenvalue weighted by atomic mass is 10.1. The number of hydrogen-bond donors (Lipinski definition) is 2. The molecule has 2 heterocycles. The van der Waals surface area contributed by atoms with Gasteiger partial charge >= 0.3 is 0 Å². The zero-order valence-electron chi connectivity index (χ0n) is 15.5. The number of rotatable bonds is 5. The van der Waals surface area contributed by atoms with Gasteiger partial charge in [-0.1, -0.05) is 6.92 Å². The Morgan fingerprint density at radius 3 is 2.89 bits per heavy atom. The molecule has 0 saturated carbocycles. The molecular formula is C18H25F2IN6. The molecule has 3 rings (SSSR count). The van der Waals surface area contributed by atoms with Gasteiger partial charge in [0.1, 0.15) is 17.5 Å². The fraction of sp³-hybridized carbons (Fsp3) is 0.500. The first-order valence-electron chi connectivity index (χ1n) is 9.00. The minimum atomic E-state index is -0.465. The number of benzene rings is 1. The SMILES string of the molecule is CCNC(=NCc1cc(F)ccc1F)NC1CCc2nc(CC)nn2C1.I. The first-order valence-corrected chi connectivity index (χ1v) is 9.00. The van der Waals surface area contributed by atoms with E-state index in [2.05, 4.69) is 25.7 Å². The van der Waals surface area contributed by atoms with Gasteiger partial charge in [-0.25, -0.2) is 23.4 Å². The number of hydrogen-bond acceptors (Lipinski definition) is 3. The summed E-state index contributed by atoms with van der Waals surface area (Å²) in [5, 5.41) is 11.0. The molecule has 1 aliphatic rings. The van der Waals surface area contributed by atoms with E-state index in [-0.39, 0.29) is 42.1 Å². The molecule has 0 bridgehead atoms. The molecule has 0 spiro atoms. The van der Waals surface area contributed by atoms with E-state index >= 15 is 0 Å². The molecule has 2 aromatic rings. The van der Waals surface area contributed by atoms with Crippen molar-refractivity contribution in [2.75, 3.05) is 6.54 Å². The highest BCUT2D eigenvalue weighted by Gasteiger charge is 2.22. The van der Waals surface area contributed by atoms with E-state index in [0.29, 0.717) is 19.0 Å².